The Balaban J connectivity index is 1.53. The molecule has 0 aliphatic heterocycles. The van der Waals surface area contributed by atoms with Crippen LogP contribution in [0, 0.1) is 27.4 Å². The molecule has 3 amide bonds. The zero-order chi connectivity index (χ0) is 44.5. The summed E-state index contributed by atoms with van der Waals surface area (Å²) in [6.45, 7) is 10.7. The van der Waals surface area contributed by atoms with E-state index in [1.54, 1.807) is 0 Å². The van der Waals surface area contributed by atoms with Crippen molar-refractivity contribution >= 4 is 52.2 Å². The molecule has 0 saturated carbocycles. The molecule has 314 valence electrons. The Morgan fingerprint density at radius 1 is 0.754 bits per heavy atom. The van der Waals surface area contributed by atoms with Crippen molar-refractivity contribution in [3.8, 4) is 29.1 Å². The topological polar surface area (TPSA) is 260 Å². The van der Waals surface area contributed by atoms with Crippen LogP contribution in [0.5, 0.6) is 23.0 Å². The first-order valence-corrected chi connectivity index (χ1v) is 18.0. The number of nitriles is 1. The Bertz CT molecular complexity index is 2380. The van der Waals surface area contributed by atoms with Crippen molar-refractivity contribution in [1.82, 2.24) is 9.97 Å². The van der Waals surface area contributed by atoms with Gasteiger partial charge in [0, 0.05) is 18.9 Å². The largest absolute Gasteiger partial charge is 0.491 e. The summed E-state index contributed by atoms with van der Waals surface area (Å²) in [6, 6.07) is 12.4. The first-order valence-electron chi connectivity index (χ1n) is 18.0. The number of nitrogens with zero attached hydrogens (tertiary/aromatic N) is 4. The van der Waals surface area contributed by atoms with Gasteiger partial charge in [-0.3, -0.25) is 29.3 Å². The van der Waals surface area contributed by atoms with E-state index in [1.807, 2.05) is 6.07 Å². The lowest BCUT2D eigenvalue weighted by Gasteiger charge is -2.20. The number of esters is 1. The average molecular weight is 834 g/mol. The summed E-state index contributed by atoms with van der Waals surface area (Å²) in [6.07, 6.45) is 5.69. The second kappa shape index (κ2) is 21.9. The summed E-state index contributed by atoms with van der Waals surface area (Å²) in [5, 5.41) is 28.2. The van der Waals surface area contributed by atoms with Crippen molar-refractivity contribution in [1.29, 1.82) is 5.26 Å². The van der Waals surface area contributed by atoms with Crippen molar-refractivity contribution in [3.05, 3.63) is 132 Å². The lowest BCUT2D eigenvalue weighted by Crippen LogP contribution is -2.25. The molecule has 19 nitrogen and oxygen atoms in total. The van der Waals surface area contributed by atoms with Crippen LogP contribution in [-0.4, -0.2) is 78.4 Å². The first kappa shape index (κ1) is 45.3. The SMILES string of the molecule is C=CCOC(=O)c1ccc(NC(=O)c2ccc(NC(=O)c3ccc(NC(=O)[C@H](CC#N)CC(=O)c4ccc([N+](=O)[O-])cn4)cn3)c(OC)c2OCC=C)c(OC)c1OCC=C. The van der Waals surface area contributed by atoms with Crippen LogP contribution in [-0.2, 0) is 9.53 Å². The van der Waals surface area contributed by atoms with Crippen LogP contribution in [0.2, 0.25) is 0 Å². The van der Waals surface area contributed by atoms with Crippen molar-refractivity contribution in [3.63, 3.8) is 0 Å². The minimum Gasteiger partial charge on any atom is -0.491 e. The number of ketones is 1. The van der Waals surface area contributed by atoms with Crippen LogP contribution in [0.15, 0.2) is 98.9 Å². The number of methoxy groups -OCH3 is 2. The molecule has 2 aromatic carbocycles. The normalized spacial score (nSPS) is 10.7. The highest BCUT2D eigenvalue weighted by atomic mass is 16.6. The van der Waals surface area contributed by atoms with Gasteiger partial charge in [-0.25, -0.2) is 14.8 Å². The second-order valence-corrected chi connectivity index (χ2v) is 12.3. The fourth-order valence-corrected chi connectivity index (χ4v) is 5.43. The van der Waals surface area contributed by atoms with E-state index in [0.717, 1.165) is 18.3 Å². The predicted molar refractivity (Wildman–Crippen MR) is 220 cm³/mol. The number of nitro groups is 1. The molecule has 2 aromatic heterocycles. The van der Waals surface area contributed by atoms with Crippen LogP contribution in [0.4, 0.5) is 22.7 Å². The summed E-state index contributed by atoms with van der Waals surface area (Å²) in [5.74, 6) is -4.60. The third-order valence-electron chi connectivity index (χ3n) is 8.27. The quantitative estimate of drug-likeness (QED) is 0.0265. The van der Waals surface area contributed by atoms with Crippen molar-refractivity contribution in [2.45, 2.75) is 12.8 Å². The van der Waals surface area contributed by atoms with Crippen LogP contribution >= 0.6 is 0 Å². The minimum atomic E-state index is -1.10. The van der Waals surface area contributed by atoms with E-state index in [2.05, 4.69) is 45.7 Å². The van der Waals surface area contributed by atoms with Gasteiger partial charge in [0.2, 0.25) is 5.91 Å². The van der Waals surface area contributed by atoms with Gasteiger partial charge in [0.1, 0.15) is 43.0 Å². The zero-order valence-electron chi connectivity index (χ0n) is 32.9. The molecule has 1 atom stereocenters. The van der Waals surface area contributed by atoms with Gasteiger partial charge in [0.05, 0.1) is 60.0 Å². The number of hydrogen-bond donors (Lipinski definition) is 3. The monoisotopic (exact) mass is 833 g/mol. The maximum Gasteiger partial charge on any atom is 0.342 e. The van der Waals surface area contributed by atoms with E-state index in [9.17, 15) is 39.3 Å². The van der Waals surface area contributed by atoms with E-state index in [0.29, 0.717) is 0 Å². The molecule has 0 unspecified atom stereocenters. The Morgan fingerprint density at radius 3 is 1.85 bits per heavy atom. The smallest absolute Gasteiger partial charge is 0.342 e. The zero-order valence-corrected chi connectivity index (χ0v) is 32.9. The van der Waals surface area contributed by atoms with Gasteiger partial charge in [-0.15, -0.1) is 0 Å². The lowest BCUT2D eigenvalue weighted by atomic mass is 9.96. The number of carbonyl (C=O) groups excluding carboxylic acids is 5. The third kappa shape index (κ3) is 11.6. The summed E-state index contributed by atoms with van der Waals surface area (Å²) in [7, 11) is 2.62. The summed E-state index contributed by atoms with van der Waals surface area (Å²) in [5.41, 5.74) is -0.155. The number of rotatable bonds is 22. The minimum absolute atomic E-state index is 0.00390. The van der Waals surface area contributed by atoms with Crippen LogP contribution in [0.25, 0.3) is 0 Å². The molecule has 19 heteroatoms. The number of benzene rings is 2. The molecule has 3 N–H and O–H groups in total. The van der Waals surface area contributed by atoms with Gasteiger partial charge in [-0.1, -0.05) is 38.0 Å². The Kier molecular flexibility index (Phi) is 16.3. The number of anilines is 3. The number of aromatic nitrogens is 2. The molecule has 0 aliphatic rings. The molecular formula is C42H39N7O12. The number of carbonyl (C=O) groups is 5. The van der Waals surface area contributed by atoms with Crippen LogP contribution in [0.3, 0.4) is 0 Å². The van der Waals surface area contributed by atoms with Crippen molar-refractivity contribution in [2.75, 3.05) is 50.0 Å². The van der Waals surface area contributed by atoms with Gasteiger partial charge in [-0.05, 0) is 42.5 Å². The van der Waals surface area contributed by atoms with Crippen LogP contribution < -0.4 is 34.9 Å². The molecule has 0 spiro atoms. The number of Topliss-reactive ketones (excluding diaryl/α,β-unsaturated/α-hetero) is 1. The highest BCUT2D eigenvalue weighted by molar-refractivity contribution is 6.10. The number of pyridine rings is 2. The highest BCUT2D eigenvalue weighted by Crippen LogP contribution is 2.42. The number of ether oxygens (including phenoxy) is 5. The highest BCUT2D eigenvalue weighted by Gasteiger charge is 2.27. The molecule has 0 fully saturated rings. The van der Waals surface area contributed by atoms with E-state index in [-0.39, 0.29) is 94.5 Å². The fraction of sp³-hybridized carbons (Fsp3) is 0.190. The maximum absolute atomic E-state index is 13.8. The standard InChI is InChI=1S/C42H39N7O12/c1-6-19-59-35-28(40(52)47-31-16-12-29(42(54)61-21-8-3)36(38(31)58-5)60-20-7-2)11-15-32(37(35)57-4)48-41(53)33-13-9-26(23-44-33)46-39(51)25(17-18-43)22-34(50)30-14-10-27(24-45-30)49(55)56/h6-16,23-25H,1-3,17,19-22H2,4-5H3,(H,46,51)(H,47,52)(H,48,53)/t25-/m1/s1. The molecular weight excluding hydrogens is 794 g/mol. The second-order valence-electron chi connectivity index (χ2n) is 12.3. The van der Waals surface area contributed by atoms with E-state index >= 15 is 0 Å². The molecule has 0 radical (unpaired) electrons. The fourth-order valence-electron chi connectivity index (χ4n) is 5.43. The van der Waals surface area contributed by atoms with Gasteiger partial charge in [0.15, 0.2) is 28.8 Å². The van der Waals surface area contributed by atoms with E-state index in [1.165, 1.54) is 75.0 Å². The van der Waals surface area contributed by atoms with Crippen molar-refractivity contribution in [2.24, 2.45) is 5.92 Å². The predicted octanol–water partition coefficient (Wildman–Crippen LogP) is 6.12. The van der Waals surface area contributed by atoms with Gasteiger partial charge < -0.3 is 39.6 Å². The first-order chi connectivity index (χ1) is 29.4. The van der Waals surface area contributed by atoms with E-state index in [4.69, 9.17) is 23.7 Å². The van der Waals surface area contributed by atoms with Gasteiger partial charge >= 0.3 is 5.97 Å². The van der Waals surface area contributed by atoms with Crippen molar-refractivity contribution < 1.29 is 52.6 Å². The van der Waals surface area contributed by atoms with Gasteiger partial charge in [-0.2, -0.15) is 5.26 Å². The number of hydrogen-bond acceptors (Lipinski definition) is 15. The molecule has 0 saturated heterocycles. The molecule has 0 aliphatic carbocycles. The number of nitrogens with one attached hydrogen (secondary N) is 3. The molecule has 61 heavy (non-hydrogen) atoms. The van der Waals surface area contributed by atoms with E-state index < -0.39 is 46.7 Å². The molecule has 4 aromatic rings. The van der Waals surface area contributed by atoms with Gasteiger partial charge in [0.25, 0.3) is 17.5 Å². The maximum atomic E-state index is 13.8. The molecule has 4 rings (SSSR count). The molecule has 2 heterocycles. The summed E-state index contributed by atoms with van der Waals surface area (Å²) in [4.78, 5) is 83.9. The third-order valence-corrected chi connectivity index (χ3v) is 8.27. The number of amides is 3. The average Bonchev–Trinajstić information content (AvgIpc) is 3.26. The molecule has 0 bridgehead atoms. The Morgan fingerprint density at radius 2 is 1.33 bits per heavy atom. The van der Waals surface area contributed by atoms with Crippen LogP contribution in [0.1, 0.15) is 54.5 Å². The Hall–Kier alpha value is -8.40. The lowest BCUT2D eigenvalue weighted by molar-refractivity contribution is -0.385. The summed E-state index contributed by atoms with van der Waals surface area (Å²) < 4.78 is 27.9. The Labute approximate surface area is 348 Å². The summed E-state index contributed by atoms with van der Waals surface area (Å²) >= 11 is 0.